The maximum Gasteiger partial charge on any atom is 0.242 e. The van der Waals surface area contributed by atoms with Crippen molar-refractivity contribution in [2.45, 2.75) is 6.54 Å². The van der Waals surface area contributed by atoms with E-state index in [1.54, 1.807) is 36.2 Å². The fourth-order valence-corrected chi connectivity index (χ4v) is 3.67. The molecule has 0 fully saturated rings. The van der Waals surface area contributed by atoms with E-state index in [-0.39, 0.29) is 17.9 Å². The van der Waals surface area contributed by atoms with Gasteiger partial charge in [-0.25, -0.2) is 0 Å². The summed E-state index contributed by atoms with van der Waals surface area (Å²) in [4.78, 5) is 27.4. The van der Waals surface area contributed by atoms with E-state index in [4.69, 9.17) is 16.3 Å². The van der Waals surface area contributed by atoms with Crippen molar-refractivity contribution in [2.24, 2.45) is 0 Å². The van der Waals surface area contributed by atoms with E-state index < -0.39 is 0 Å². The van der Waals surface area contributed by atoms with Gasteiger partial charge in [0.15, 0.2) is 5.43 Å². The summed E-state index contributed by atoms with van der Waals surface area (Å²) in [5.74, 6) is 0.522. The summed E-state index contributed by atoms with van der Waals surface area (Å²) >= 11 is 6.10. The van der Waals surface area contributed by atoms with Gasteiger partial charge in [-0.2, -0.15) is 0 Å². The summed E-state index contributed by atoms with van der Waals surface area (Å²) in [6, 6.07) is 22.0. The van der Waals surface area contributed by atoms with Gasteiger partial charge in [0.25, 0.3) is 0 Å². The van der Waals surface area contributed by atoms with Crippen LogP contribution in [0.4, 0.5) is 0 Å². The van der Waals surface area contributed by atoms with Crippen LogP contribution in [0.5, 0.6) is 5.75 Å². The van der Waals surface area contributed by atoms with Crippen molar-refractivity contribution < 1.29 is 9.53 Å². The molecule has 0 aliphatic rings. The molecule has 0 aliphatic heterocycles. The van der Waals surface area contributed by atoms with Crippen LogP contribution in [-0.4, -0.2) is 35.6 Å². The number of aromatic nitrogens is 1. The van der Waals surface area contributed by atoms with E-state index in [1.165, 1.54) is 0 Å². The molecule has 0 N–H and O–H groups in total. The molecule has 152 valence electrons. The number of likely N-dealkylation sites (N-methyl/N-ethyl adjacent to an activating group) is 1. The molecule has 1 amide bonds. The van der Waals surface area contributed by atoms with Crippen LogP contribution in [0.15, 0.2) is 77.6 Å². The van der Waals surface area contributed by atoms with Crippen LogP contribution in [0.25, 0.3) is 21.8 Å². The molecule has 4 aromatic rings. The van der Waals surface area contributed by atoms with Crippen molar-refractivity contribution in [2.75, 3.05) is 20.2 Å². The van der Waals surface area contributed by atoms with Crippen molar-refractivity contribution in [1.82, 2.24) is 9.47 Å². The number of para-hydroxylation sites is 3. The van der Waals surface area contributed by atoms with E-state index in [1.807, 2.05) is 53.1 Å². The maximum atomic E-state index is 12.9. The number of pyridine rings is 1. The lowest BCUT2D eigenvalue weighted by Crippen LogP contribution is -2.34. The first-order valence-corrected chi connectivity index (χ1v) is 10.1. The lowest BCUT2D eigenvalue weighted by molar-refractivity contribution is -0.130. The largest absolute Gasteiger partial charge is 0.490 e. The Morgan fingerprint density at radius 1 is 0.933 bits per heavy atom. The Bertz CT molecular complexity index is 1220. The number of nitrogens with zero attached hydrogens (tertiary/aromatic N) is 2. The van der Waals surface area contributed by atoms with Crippen LogP contribution in [-0.2, 0) is 11.3 Å². The van der Waals surface area contributed by atoms with Crippen LogP contribution in [0.1, 0.15) is 0 Å². The summed E-state index contributed by atoms with van der Waals surface area (Å²) in [6.45, 7) is 0.877. The molecule has 3 aromatic carbocycles. The number of ether oxygens (including phenoxy) is 1. The highest BCUT2D eigenvalue weighted by Gasteiger charge is 2.15. The van der Waals surface area contributed by atoms with Crippen molar-refractivity contribution in [3.8, 4) is 5.75 Å². The number of amides is 1. The number of halogens is 1. The van der Waals surface area contributed by atoms with Gasteiger partial charge in [0.2, 0.25) is 5.91 Å². The van der Waals surface area contributed by atoms with Crippen LogP contribution in [0, 0.1) is 0 Å². The second-order valence-corrected chi connectivity index (χ2v) is 7.45. The van der Waals surface area contributed by atoms with Gasteiger partial charge in [-0.05, 0) is 36.4 Å². The van der Waals surface area contributed by atoms with Crippen LogP contribution in [0.3, 0.4) is 0 Å². The normalized spacial score (nSPS) is 11.0. The molecular formula is C24H21ClN2O3. The predicted octanol–water partition coefficient (Wildman–Crippen LogP) is 4.35. The average Bonchev–Trinajstić information content (AvgIpc) is 2.77. The Kier molecular flexibility index (Phi) is 5.72. The van der Waals surface area contributed by atoms with Gasteiger partial charge in [0, 0.05) is 17.8 Å². The third-order valence-corrected chi connectivity index (χ3v) is 5.43. The molecule has 6 heteroatoms. The average molecular weight is 421 g/mol. The van der Waals surface area contributed by atoms with E-state index in [0.717, 1.165) is 11.0 Å². The molecule has 0 aliphatic carbocycles. The number of hydrogen-bond donors (Lipinski definition) is 0. The number of carbonyl (C=O) groups excluding carboxylic acids is 1. The van der Waals surface area contributed by atoms with Gasteiger partial charge in [-0.15, -0.1) is 0 Å². The lowest BCUT2D eigenvalue weighted by Gasteiger charge is -2.20. The van der Waals surface area contributed by atoms with E-state index in [2.05, 4.69) is 0 Å². The molecular weight excluding hydrogens is 400 g/mol. The molecule has 0 unspecified atom stereocenters. The highest BCUT2D eigenvalue weighted by molar-refractivity contribution is 6.32. The van der Waals surface area contributed by atoms with Gasteiger partial charge >= 0.3 is 0 Å². The minimum Gasteiger partial charge on any atom is -0.490 e. The van der Waals surface area contributed by atoms with Crippen LogP contribution in [0.2, 0.25) is 5.02 Å². The molecule has 0 radical (unpaired) electrons. The quantitative estimate of drug-likeness (QED) is 0.436. The van der Waals surface area contributed by atoms with Crippen molar-refractivity contribution >= 4 is 39.3 Å². The minimum absolute atomic E-state index is 0.0219. The van der Waals surface area contributed by atoms with Gasteiger partial charge in [0.05, 0.1) is 22.6 Å². The summed E-state index contributed by atoms with van der Waals surface area (Å²) in [5.41, 5.74) is 1.47. The van der Waals surface area contributed by atoms with Gasteiger partial charge in [-0.3, -0.25) is 9.59 Å². The first-order chi connectivity index (χ1) is 14.6. The minimum atomic E-state index is -0.0725. The zero-order valence-corrected chi connectivity index (χ0v) is 17.3. The Labute approximate surface area is 179 Å². The van der Waals surface area contributed by atoms with Gasteiger partial charge in [-0.1, -0.05) is 48.0 Å². The molecule has 0 saturated heterocycles. The van der Waals surface area contributed by atoms with Crippen molar-refractivity contribution in [3.05, 3.63) is 88.0 Å². The molecule has 30 heavy (non-hydrogen) atoms. The molecule has 0 atom stereocenters. The number of benzene rings is 3. The highest BCUT2D eigenvalue weighted by atomic mass is 35.5. The fourth-order valence-electron chi connectivity index (χ4n) is 3.48. The molecule has 0 saturated carbocycles. The molecule has 1 aromatic heterocycles. The second-order valence-electron chi connectivity index (χ2n) is 7.04. The summed E-state index contributed by atoms with van der Waals surface area (Å²) in [5, 5.41) is 1.75. The molecule has 0 spiro atoms. The zero-order valence-electron chi connectivity index (χ0n) is 16.5. The summed E-state index contributed by atoms with van der Waals surface area (Å²) in [7, 11) is 1.74. The van der Waals surface area contributed by atoms with Gasteiger partial charge in [0.1, 0.15) is 18.9 Å². The number of hydrogen-bond acceptors (Lipinski definition) is 3. The standard InChI is InChI=1S/C24H21ClN2O3/c1-26(14-15-30-22-13-7-4-10-19(22)25)23(28)16-27-20-11-5-2-8-17(20)24(29)18-9-3-6-12-21(18)27/h2-13H,14-16H2,1H3. The van der Waals surface area contributed by atoms with E-state index >= 15 is 0 Å². The highest BCUT2D eigenvalue weighted by Crippen LogP contribution is 2.23. The maximum absolute atomic E-state index is 12.9. The predicted molar refractivity (Wildman–Crippen MR) is 120 cm³/mol. The smallest absolute Gasteiger partial charge is 0.242 e. The Hall–Kier alpha value is -3.31. The third kappa shape index (κ3) is 3.89. The monoisotopic (exact) mass is 420 g/mol. The first kappa shape index (κ1) is 20.0. The van der Waals surface area contributed by atoms with Crippen LogP contribution >= 0.6 is 11.6 Å². The van der Waals surface area contributed by atoms with E-state index in [9.17, 15) is 9.59 Å². The van der Waals surface area contributed by atoms with Crippen molar-refractivity contribution in [1.29, 1.82) is 0 Å². The molecule has 0 bridgehead atoms. The Morgan fingerprint density at radius 2 is 1.50 bits per heavy atom. The Balaban J connectivity index is 1.56. The molecule has 5 nitrogen and oxygen atoms in total. The van der Waals surface area contributed by atoms with Crippen LogP contribution < -0.4 is 10.2 Å². The fraction of sp³-hybridized carbons (Fsp3) is 0.167. The lowest BCUT2D eigenvalue weighted by atomic mass is 10.1. The summed E-state index contributed by atoms with van der Waals surface area (Å²) in [6.07, 6.45) is 0. The Morgan fingerprint density at radius 3 is 2.13 bits per heavy atom. The number of rotatable bonds is 6. The topological polar surface area (TPSA) is 51.5 Å². The third-order valence-electron chi connectivity index (χ3n) is 5.12. The van der Waals surface area contributed by atoms with Gasteiger partial charge < -0.3 is 14.2 Å². The molecule has 1 heterocycles. The number of fused-ring (bicyclic) bond motifs is 2. The first-order valence-electron chi connectivity index (χ1n) is 9.68. The summed E-state index contributed by atoms with van der Waals surface area (Å²) < 4.78 is 7.59. The van der Waals surface area contributed by atoms with E-state index in [0.29, 0.717) is 34.7 Å². The second kappa shape index (κ2) is 8.59. The SMILES string of the molecule is CN(CCOc1ccccc1Cl)C(=O)Cn1c2ccccc2c(=O)c2ccccc21. The number of carbonyl (C=O) groups is 1. The zero-order chi connectivity index (χ0) is 21.1. The molecule has 4 rings (SSSR count). The van der Waals surface area contributed by atoms with Crippen molar-refractivity contribution in [3.63, 3.8) is 0 Å².